The smallest absolute Gasteiger partial charge is 0.256 e. The molecule has 0 saturated heterocycles. The minimum absolute atomic E-state index is 0.00290. The zero-order chi connectivity index (χ0) is 20.5. The Morgan fingerprint density at radius 3 is 2.69 bits per heavy atom. The molecule has 150 valence electrons. The molecule has 0 fully saturated rings. The number of rotatable bonds is 4. The molecular formula is C23H27N5O. The first kappa shape index (κ1) is 19.3. The van der Waals surface area contributed by atoms with Crippen LogP contribution in [0, 0.1) is 13.8 Å². The first-order valence-electron chi connectivity index (χ1n) is 10.2. The summed E-state index contributed by atoms with van der Waals surface area (Å²) in [5, 5.41) is 4.47. The molecule has 0 radical (unpaired) electrons. The van der Waals surface area contributed by atoms with E-state index >= 15 is 0 Å². The van der Waals surface area contributed by atoms with E-state index in [1.54, 1.807) is 10.9 Å². The summed E-state index contributed by atoms with van der Waals surface area (Å²) in [6, 6.07) is 9.89. The van der Waals surface area contributed by atoms with Gasteiger partial charge in [0.15, 0.2) is 5.82 Å². The molecule has 0 spiro atoms. The first-order valence-corrected chi connectivity index (χ1v) is 10.2. The van der Waals surface area contributed by atoms with Crippen molar-refractivity contribution in [2.75, 3.05) is 0 Å². The summed E-state index contributed by atoms with van der Waals surface area (Å²) in [6.07, 6.45) is 6.51. The number of pyridine rings is 2. The van der Waals surface area contributed by atoms with Gasteiger partial charge in [0.05, 0.1) is 23.0 Å². The zero-order valence-electron chi connectivity index (χ0n) is 17.5. The largest absolute Gasteiger partial charge is 0.328 e. The second kappa shape index (κ2) is 7.78. The lowest BCUT2D eigenvalue weighted by molar-refractivity contribution is 0.0576. The molecule has 0 bridgehead atoms. The SMILES string of the molecule is Cc1cc(C)n(-c2ccc(C(=O)N(C(C)C)C3CCCc4cccnc43)cn2)n1. The minimum Gasteiger partial charge on any atom is -0.328 e. The van der Waals surface area contributed by atoms with E-state index in [1.165, 1.54) is 5.56 Å². The molecule has 1 aliphatic rings. The lowest BCUT2D eigenvalue weighted by Gasteiger charge is -2.37. The maximum atomic E-state index is 13.4. The third-order valence-corrected chi connectivity index (χ3v) is 5.51. The first-order chi connectivity index (χ1) is 14.0. The van der Waals surface area contributed by atoms with E-state index in [0.29, 0.717) is 11.4 Å². The van der Waals surface area contributed by atoms with Crippen LogP contribution in [0.3, 0.4) is 0 Å². The molecule has 3 heterocycles. The summed E-state index contributed by atoms with van der Waals surface area (Å²) in [5.74, 6) is 0.712. The second-order valence-electron chi connectivity index (χ2n) is 8.01. The number of aromatic nitrogens is 4. The number of carbonyl (C=O) groups is 1. The number of hydrogen-bond acceptors (Lipinski definition) is 4. The molecule has 6 heteroatoms. The zero-order valence-corrected chi connectivity index (χ0v) is 17.5. The number of aryl methyl sites for hydroxylation is 3. The van der Waals surface area contributed by atoms with Gasteiger partial charge in [-0.15, -0.1) is 0 Å². The van der Waals surface area contributed by atoms with Crippen LogP contribution in [0.2, 0.25) is 0 Å². The van der Waals surface area contributed by atoms with Crippen LogP contribution < -0.4 is 0 Å². The van der Waals surface area contributed by atoms with E-state index in [-0.39, 0.29) is 18.0 Å². The van der Waals surface area contributed by atoms with Crippen LogP contribution >= 0.6 is 0 Å². The molecule has 3 aromatic heterocycles. The van der Waals surface area contributed by atoms with E-state index in [9.17, 15) is 4.79 Å². The molecule has 0 aliphatic heterocycles. The van der Waals surface area contributed by atoms with Gasteiger partial charge in [-0.05, 0) is 76.8 Å². The molecule has 1 atom stereocenters. The molecule has 0 saturated carbocycles. The van der Waals surface area contributed by atoms with Gasteiger partial charge in [-0.1, -0.05) is 6.07 Å². The standard InChI is InChI=1S/C23H27N5O/c1-15(2)27(20-9-5-7-18-8-6-12-24-22(18)20)23(29)19-10-11-21(25-14-19)28-17(4)13-16(3)26-28/h6,8,10-15,20H,5,7,9H2,1-4H3. The van der Waals surface area contributed by atoms with Crippen molar-refractivity contribution in [1.29, 1.82) is 0 Å². The highest BCUT2D eigenvalue weighted by molar-refractivity contribution is 5.94. The van der Waals surface area contributed by atoms with Gasteiger partial charge in [-0.25, -0.2) is 9.67 Å². The van der Waals surface area contributed by atoms with Crippen LogP contribution in [0.5, 0.6) is 0 Å². The van der Waals surface area contributed by atoms with Gasteiger partial charge in [-0.2, -0.15) is 5.10 Å². The minimum atomic E-state index is -0.00378. The highest BCUT2D eigenvalue weighted by Gasteiger charge is 2.32. The average Bonchev–Trinajstić information content (AvgIpc) is 3.06. The number of amides is 1. The van der Waals surface area contributed by atoms with E-state index in [4.69, 9.17) is 0 Å². The lowest BCUT2D eigenvalue weighted by atomic mass is 9.90. The monoisotopic (exact) mass is 389 g/mol. The van der Waals surface area contributed by atoms with Crippen molar-refractivity contribution in [3.8, 4) is 5.82 Å². The fourth-order valence-electron chi connectivity index (χ4n) is 4.24. The Bertz CT molecular complexity index is 1020. The number of hydrogen-bond donors (Lipinski definition) is 0. The fourth-order valence-corrected chi connectivity index (χ4v) is 4.24. The Kier molecular flexibility index (Phi) is 5.18. The summed E-state index contributed by atoms with van der Waals surface area (Å²) in [4.78, 5) is 24.6. The molecule has 1 aliphatic carbocycles. The number of fused-ring (bicyclic) bond motifs is 1. The quantitative estimate of drug-likeness (QED) is 0.671. The van der Waals surface area contributed by atoms with Crippen molar-refractivity contribution in [1.82, 2.24) is 24.6 Å². The third kappa shape index (κ3) is 3.67. The highest BCUT2D eigenvalue weighted by atomic mass is 16.2. The molecule has 3 aromatic rings. The van der Waals surface area contributed by atoms with Crippen molar-refractivity contribution < 1.29 is 4.79 Å². The molecule has 0 aromatic carbocycles. The summed E-state index contributed by atoms with van der Waals surface area (Å²) < 4.78 is 1.80. The molecule has 4 rings (SSSR count). The molecule has 6 nitrogen and oxygen atoms in total. The van der Waals surface area contributed by atoms with Gasteiger partial charge in [0, 0.05) is 24.1 Å². The second-order valence-corrected chi connectivity index (χ2v) is 8.01. The van der Waals surface area contributed by atoms with Crippen molar-refractivity contribution >= 4 is 5.91 Å². The maximum absolute atomic E-state index is 13.4. The van der Waals surface area contributed by atoms with Gasteiger partial charge in [0.25, 0.3) is 5.91 Å². The predicted octanol–water partition coefficient (Wildman–Crippen LogP) is 4.21. The van der Waals surface area contributed by atoms with Crippen LogP contribution in [-0.4, -0.2) is 36.6 Å². The Labute approximate surface area is 171 Å². The van der Waals surface area contributed by atoms with Crippen molar-refractivity contribution in [2.45, 2.75) is 59.0 Å². The van der Waals surface area contributed by atoms with Gasteiger partial charge in [0.1, 0.15) is 0 Å². The summed E-state index contributed by atoms with van der Waals surface area (Å²) in [5.41, 5.74) is 4.84. The average molecular weight is 390 g/mol. The maximum Gasteiger partial charge on any atom is 0.256 e. The predicted molar refractivity (Wildman–Crippen MR) is 112 cm³/mol. The van der Waals surface area contributed by atoms with Crippen LogP contribution in [-0.2, 0) is 6.42 Å². The normalized spacial score (nSPS) is 16.0. The van der Waals surface area contributed by atoms with E-state index < -0.39 is 0 Å². The molecule has 1 amide bonds. The van der Waals surface area contributed by atoms with E-state index in [1.807, 2.05) is 49.2 Å². The topological polar surface area (TPSA) is 63.9 Å². The summed E-state index contributed by atoms with van der Waals surface area (Å²) in [7, 11) is 0. The summed E-state index contributed by atoms with van der Waals surface area (Å²) in [6.45, 7) is 8.08. The van der Waals surface area contributed by atoms with Crippen LogP contribution in [0.4, 0.5) is 0 Å². The molecule has 29 heavy (non-hydrogen) atoms. The molecule has 1 unspecified atom stereocenters. The van der Waals surface area contributed by atoms with Gasteiger partial charge in [-0.3, -0.25) is 9.78 Å². The van der Waals surface area contributed by atoms with Gasteiger partial charge < -0.3 is 4.90 Å². The molecule has 0 N–H and O–H groups in total. The number of nitrogens with zero attached hydrogens (tertiary/aromatic N) is 5. The van der Waals surface area contributed by atoms with Crippen molar-refractivity contribution in [2.24, 2.45) is 0 Å². The lowest BCUT2D eigenvalue weighted by Crippen LogP contribution is -2.41. The molecular weight excluding hydrogens is 362 g/mol. The van der Waals surface area contributed by atoms with Crippen LogP contribution in [0.25, 0.3) is 5.82 Å². The fraction of sp³-hybridized carbons (Fsp3) is 0.391. The van der Waals surface area contributed by atoms with Crippen LogP contribution in [0.15, 0.2) is 42.7 Å². The van der Waals surface area contributed by atoms with Crippen molar-refractivity contribution in [3.05, 3.63) is 70.9 Å². The van der Waals surface area contributed by atoms with Crippen LogP contribution in [0.1, 0.15) is 65.7 Å². The highest BCUT2D eigenvalue weighted by Crippen LogP contribution is 2.34. The third-order valence-electron chi connectivity index (χ3n) is 5.51. The van der Waals surface area contributed by atoms with E-state index in [2.05, 4.69) is 35.0 Å². The Hall–Kier alpha value is -3.02. The number of carbonyl (C=O) groups excluding carboxylic acids is 1. The van der Waals surface area contributed by atoms with Crippen molar-refractivity contribution in [3.63, 3.8) is 0 Å². The Morgan fingerprint density at radius 1 is 1.21 bits per heavy atom. The Morgan fingerprint density at radius 2 is 2.03 bits per heavy atom. The van der Waals surface area contributed by atoms with Gasteiger partial charge in [0.2, 0.25) is 0 Å². The summed E-state index contributed by atoms with van der Waals surface area (Å²) >= 11 is 0. The van der Waals surface area contributed by atoms with Gasteiger partial charge >= 0.3 is 0 Å². The van der Waals surface area contributed by atoms with E-state index in [0.717, 1.165) is 36.3 Å². The Balaban J connectivity index is 1.64.